The number of amides is 2. The number of hydrogen-bond donors (Lipinski definition) is 2. The molecule has 1 aliphatic rings. The Balaban J connectivity index is 2.01. The molecule has 0 spiro atoms. The van der Waals surface area contributed by atoms with Gasteiger partial charge in [0.25, 0.3) is 0 Å². The highest BCUT2D eigenvalue weighted by molar-refractivity contribution is 5.93. The highest BCUT2D eigenvalue weighted by Crippen LogP contribution is 2.23. The fourth-order valence-electron chi connectivity index (χ4n) is 2.26. The average molecular weight is 247 g/mol. The lowest BCUT2D eigenvalue weighted by Crippen LogP contribution is -2.38. The number of anilines is 1. The van der Waals surface area contributed by atoms with Gasteiger partial charge in [-0.1, -0.05) is 0 Å². The SMILES string of the molecule is NC(=O)c1ccc(N2CCC(C(N)=O)CC2)cc1. The van der Waals surface area contributed by atoms with Gasteiger partial charge in [-0.05, 0) is 37.1 Å². The molecule has 1 fully saturated rings. The largest absolute Gasteiger partial charge is 0.371 e. The molecule has 0 radical (unpaired) electrons. The van der Waals surface area contributed by atoms with Crippen molar-refractivity contribution < 1.29 is 9.59 Å². The molecule has 0 saturated carbocycles. The molecule has 1 aliphatic heterocycles. The third-order valence-electron chi connectivity index (χ3n) is 3.41. The number of piperidine rings is 1. The second-order valence-corrected chi connectivity index (χ2v) is 4.57. The van der Waals surface area contributed by atoms with Gasteiger partial charge in [0.05, 0.1) is 0 Å². The van der Waals surface area contributed by atoms with Gasteiger partial charge in [0, 0.05) is 30.3 Å². The highest BCUT2D eigenvalue weighted by Gasteiger charge is 2.23. The maximum absolute atomic E-state index is 11.1. The van der Waals surface area contributed by atoms with Crippen molar-refractivity contribution in [3.05, 3.63) is 29.8 Å². The summed E-state index contributed by atoms with van der Waals surface area (Å²) >= 11 is 0. The fourth-order valence-corrected chi connectivity index (χ4v) is 2.26. The summed E-state index contributed by atoms with van der Waals surface area (Å²) in [4.78, 5) is 24.2. The van der Waals surface area contributed by atoms with E-state index < -0.39 is 5.91 Å². The van der Waals surface area contributed by atoms with E-state index in [1.807, 2.05) is 12.1 Å². The maximum Gasteiger partial charge on any atom is 0.248 e. The summed E-state index contributed by atoms with van der Waals surface area (Å²) in [6, 6.07) is 7.20. The summed E-state index contributed by atoms with van der Waals surface area (Å²) < 4.78 is 0. The minimum absolute atomic E-state index is 0.00820. The Hall–Kier alpha value is -2.04. The molecule has 0 bridgehead atoms. The summed E-state index contributed by atoms with van der Waals surface area (Å²) in [5.74, 6) is -0.640. The molecule has 2 amide bonds. The predicted molar refractivity (Wildman–Crippen MR) is 69.1 cm³/mol. The smallest absolute Gasteiger partial charge is 0.248 e. The van der Waals surface area contributed by atoms with Crippen LogP contribution in [0, 0.1) is 5.92 Å². The topological polar surface area (TPSA) is 89.4 Å². The van der Waals surface area contributed by atoms with Gasteiger partial charge in [0.2, 0.25) is 11.8 Å². The molecule has 1 aromatic carbocycles. The van der Waals surface area contributed by atoms with Crippen molar-refractivity contribution in [3.8, 4) is 0 Å². The zero-order valence-corrected chi connectivity index (χ0v) is 10.1. The first-order chi connectivity index (χ1) is 8.58. The van der Waals surface area contributed by atoms with Gasteiger partial charge in [-0.15, -0.1) is 0 Å². The number of carbonyl (C=O) groups is 2. The molecule has 4 N–H and O–H groups in total. The summed E-state index contributed by atoms with van der Waals surface area (Å²) in [6.07, 6.45) is 1.57. The lowest BCUT2D eigenvalue weighted by Gasteiger charge is -2.32. The molecule has 96 valence electrons. The van der Waals surface area contributed by atoms with Crippen LogP contribution in [0.4, 0.5) is 5.69 Å². The number of rotatable bonds is 3. The average Bonchev–Trinajstić information content (AvgIpc) is 2.39. The fraction of sp³-hybridized carbons (Fsp3) is 0.385. The van der Waals surface area contributed by atoms with Crippen LogP contribution in [0.5, 0.6) is 0 Å². The van der Waals surface area contributed by atoms with Crippen molar-refractivity contribution in [1.29, 1.82) is 0 Å². The van der Waals surface area contributed by atoms with Gasteiger partial charge in [0.15, 0.2) is 0 Å². The molecule has 0 aliphatic carbocycles. The van der Waals surface area contributed by atoms with Gasteiger partial charge >= 0.3 is 0 Å². The Kier molecular flexibility index (Phi) is 3.50. The van der Waals surface area contributed by atoms with Crippen LogP contribution in [0.25, 0.3) is 0 Å². The van der Waals surface area contributed by atoms with Crippen LogP contribution in [-0.2, 0) is 4.79 Å². The van der Waals surface area contributed by atoms with E-state index in [1.165, 1.54) is 0 Å². The van der Waals surface area contributed by atoms with Crippen molar-refractivity contribution in [3.63, 3.8) is 0 Å². The lowest BCUT2D eigenvalue weighted by atomic mass is 9.96. The summed E-state index contributed by atoms with van der Waals surface area (Å²) in [5.41, 5.74) is 12.0. The first-order valence-corrected chi connectivity index (χ1v) is 6.02. The maximum atomic E-state index is 11.1. The van der Waals surface area contributed by atoms with Crippen LogP contribution in [-0.4, -0.2) is 24.9 Å². The third-order valence-corrected chi connectivity index (χ3v) is 3.41. The monoisotopic (exact) mass is 247 g/mol. The van der Waals surface area contributed by atoms with Gasteiger partial charge in [-0.25, -0.2) is 0 Å². The number of nitrogens with zero attached hydrogens (tertiary/aromatic N) is 1. The van der Waals surface area contributed by atoms with Gasteiger partial charge in [-0.3, -0.25) is 9.59 Å². The molecule has 18 heavy (non-hydrogen) atoms. The Morgan fingerprint density at radius 3 is 2.06 bits per heavy atom. The van der Waals surface area contributed by atoms with Crippen LogP contribution in [0.15, 0.2) is 24.3 Å². The standard InChI is InChI=1S/C13H17N3O2/c14-12(17)9-1-3-11(4-2-9)16-7-5-10(6-8-16)13(15)18/h1-4,10H,5-8H2,(H2,14,17)(H2,15,18). The molecule has 5 heteroatoms. The second kappa shape index (κ2) is 5.08. The van der Waals surface area contributed by atoms with E-state index in [2.05, 4.69) is 4.90 Å². The Labute approximate surface area is 106 Å². The molecule has 1 heterocycles. The summed E-state index contributed by atoms with van der Waals surface area (Å²) in [6.45, 7) is 1.62. The molecule has 1 saturated heterocycles. The lowest BCUT2D eigenvalue weighted by molar-refractivity contribution is -0.122. The molecule has 0 aromatic heterocycles. The van der Waals surface area contributed by atoms with E-state index in [1.54, 1.807) is 12.1 Å². The van der Waals surface area contributed by atoms with E-state index in [0.717, 1.165) is 31.6 Å². The van der Waals surface area contributed by atoms with E-state index in [9.17, 15) is 9.59 Å². The van der Waals surface area contributed by atoms with Crippen LogP contribution < -0.4 is 16.4 Å². The van der Waals surface area contributed by atoms with Crippen LogP contribution >= 0.6 is 0 Å². The highest BCUT2D eigenvalue weighted by atomic mass is 16.1. The van der Waals surface area contributed by atoms with Crippen LogP contribution in [0.1, 0.15) is 23.2 Å². The molecular weight excluding hydrogens is 230 g/mol. The Bertz CT molecular complexity index is 448. The predicted octanol–water partition coefficient (Wildman–Crippen LogP) is 0.487. The minimum Gasteiger partial charge on any atom is -0.371 e. The first-order valence-electron chi connectivity index (χ1n) is 6.02. The zero-order valence-electron chi connectivity index (χ0n) is 10.1. The van der Waals surface area contributed by atoms with Crippen molar-refractivity contribution in [2.75, 3.05) is 18.0 Å². The first kappa shape index (κ1) is 12.4. The van der Waals surface area contributed by atoms with E-state index in [0.29, 0.717) is 5.56 Å². The van der Waals surface area contributed by atoms with Crippen molar-refractivity contribution >= 4 is 17.5 Å². The Morgan fingerprint density at radius 2 is 1.61 bits per heavy atom. The van der Waals surface area contributed by atoms with E-state index in [4.69, 9.17) is 11.5 Å². The van der Waals surface area contributed by atoms with Crippen molar-refractivity contribution in [2.24, 2.45) is 17.4 Å². The summed E-state index contributed by atoms with van der Waals surface area (Å²) in [7, 11) is 0. The number of hydrogen-bond acceptors (Lipinski definition) is 3. The van der Waals surface area contributed by atoms with Crippen LogP contribution in [0.2, 0.25) is 0 Å². The molecule has 1 aromatic rings. The van der Waals surface area contributed by atoms with Crippen LogP contribution in [0.3, 0.4) is 0 Å². The number of primary amides is 2. The normalized spacial score (nSPS) is 16.6. The molecule has 0 atom stereocenters. The second-order valence-electron chi connectivity index (χ2n) is 4.57. The molecule has 2 rings (SSSR count). The van der Waals surface area contributed by atoms with E-state index >= 15 is 0 Å². The Morgan fingerprint density at radius 1 is 1.06 bits per heavy atom. The van der Waals surface area contributed by atoms with Gasteiger partial charge in [-0.2, -0.15) is 0 Å². The molecule has 5 nitrogen and oxygen atoms in total. The minimum atomic E-state index is -0.422. The summed E-state index contributed by atoms with van der Waals surface area (Å²) in [5, 5.41) is 0. The van der Waals surface area contributed by atoms with Crippen molar-refractivity contribution in [2.45, 2.75) is 12.8 Å². The van der Waals surface area contributed by atoms with Gasteiger partial charge < -0.3 is 16.4 Å². The molecular formula is C13H17N3O2. The van der Waals surface area contributed by atoms with E-state index in [-0.39, 0.29) is 11.8 Å². The third kappa shape index (κ3) is 2.61. The van der Waals surface area contributed by atoms with Gasteiger partial charge in [0.1, 0.15) is 0 Å². The molecule has 0 unspecified atom stereocenters. The number of benzene rings is 1. The quantitative estimate of drug-likeness (QED) is 0.814. The van der Waals surface area contributed by atoms with Crippen molar-refractivity contribution in [1.82, 2.24) is 0 Å². The number of carbonyl (C=O) groups excluding carboxylic acids is 2. The number of nitrogens with two attached hydrogens (primary N) is 2. The zero-order chi connectivity index (χ0) is 13.1.